The van der Waals surface area contributed by atoms with Gasteiger partial charge < -0.3 is 4.74 Å². The molecule has 0 unspecified atom stereocenters. The Balaban J connectivity index is 1.73. The topological polar surface area (TPSA) is 39.9 Å². The summed E-state index contributed by atoms with van der Waals surface area (Å²) >= 11 is 7.85. The van der Waals surface area contributed by atoms with Gasteiger partial charge in [-0.15, -0.1) is 16.8 Å². The molecule has 1 aromatic heterocycles. The van der Waals surface area contributed by atoms with E-state index in [1.54, 1.807) is 11.8 Å². The van der Waals surface area contributed by atoms with Crippen LogP contribution in [0.25, 0.3) is 0 Å². The number of nitrogens with zero attached hydrogens (tertiary/aromatic N) is 3. The molecule has 3 aromatic rings. The monoisotopic (exact) mass is 399 g/mol. The van der Waals surface area contributed by atoms with Crippen molar-refractivity contribution in [3.05, 3.63) is 82.7 Å². The Morgan fingerprint density at radius 2 is 2.00 bits per heavy atom. The quantitative estimate of drug-likeness (QED) is 0.365. The van der Waals surface area contributed by atoms with Crippen LogP contribution < -0.4 is 4.74 Å². The first-order valence-electron chi connectivity index (χ1n) is 8.67. The lowest BCUT2D eigenvalue weighted by Crippen LogP contribution is -2.08. The largest absolute Gasteiger partial charge is 0.485 e. The molecule has 0 fully saturated rings. The maximum atomic E-state index is 6.25. The Bertz CT molecular complexity index is 939. The summed E-state index contributed by atoms with van der Waals surface area (Å²) in [6.07, 6.45) is 1.84. The van der Waals surface area contributed by atoms with Crippen molar-refractivity contribution in [2.24, 2.45) is 0 Å². The predicted octanol–water partition coefficient (Wildman–Crippen LogP) is 5.61. The third kappa shape index (κ3) is 4.93. The van der Waals surface area contributed by atoms with Gasteiger partial charge in [0.15, 0.2) is 11.0 Å². The number of allylic oxidation sites excluding steroid dienone is 1. The average Bonchev–Trinajstić information content (AvgIpc) is 3.04. The van der Waals surface area contributed by atoms with Crippen molar-refractivity contribution in [3.8, 4) is 5.75 Å². The van der Waals surface area contributed by atoms with Crippen molar-refractivity contribution >= 4 is 23.4 Å². The zero-order valence-electron chi connectivity index (χ0n) is 15.5. The second kappa shape index (κ2) is 9.11. The van der Waals surface area contributed by atoms with E-state index in [0.29, 0.717) is 13.2 Å². The van der Waals surface area contributed by atoms with E-state index in [1.807, 2.05) is 47.9 Å². The SMILES string of the molecule is C=CCn1c(COc2cc(C)ccc2C)nnc1SCc1ccccc1Cl. The second-order valence-electron chi connectivity index (χ2n) is 6.24. The Kier molecular flexibility index (Phi) is 6.58. The van der Waals surface area contributed by atoms with Gasteiger partial charge in [0, 0.05) is 17.3 Å². The van der Waals surface area contributed by atoms with Gasteiger partial charge in [0.25, 0.3) is 0 Å². The summed E-state index contributed by atoms with van der Waals surface area (Å²) in [5, 5.41) is 10.3. The molecule has 0 N–H and O–H groups in total. The van der Waals surface area contributed by atoms with Crippen LogP contribution in [-0.4, -0.2) is 14.8 Å². The summed E-state index contributed by atoms with van der Waals surface area (Å²) < 4.78 is 8.03. The molecule has 0 aliphatic heterocycles. The number of ether oxygens (including phenoxy) is 1. The van der Waals surface area contributed by atoms with Gasteiger partial charge in [0.1, 0.15) is 12.4 Å². The molecule has 0 aliphatic rings. The van der Waals surface area contributed by atoms with Gasteiger partial charge >= 0.3 is 0 Å². The number of rotatable bonds is 8. The normalized spacial score (nSPS) is 10.8. The van der Waals surface area contributed by atoms with Crippen molar-refractivity contribution in [1.82, 2.24) is 14.8 Å². The molecule has 2 aromatic carbocycles. The third-order valence-corrected chi connectivity index (χ3v) is 5.50. The van der Waals surface area contributed by atoms with Crippen LogP contribution in [0.3, 0.4) is 0 Å². The molecule has 0 radical (unpaired) electrons. The Morgan fingerprint density at radius 3 is 2.78 bits per heavy atom. The lowest BCUT2D eigenvalue weighted by molar-refractivity contribution is 0.287. The Morgan fingerprint density at radius 1 is 1.19 bits per heavy atom. The Hall–Kier alpha value is -2.24. The highest BCUT2D eigenvalue weighted by Gasteiger charge is 2.13. The number of hydrogen-bond acceptors (Lipinski definition) is 4. The molecular formula is C21H22ClN3OS. The molecule has 6 heteroatoms. The highest BCUT2D eigenvalue weighted by atomic mass is 35.5. The first kappa shape index (κ1) is 19.5. The fraction of sp³-hybridized carbons (Fsp3) is 0.238. The van der Waals surface area contributed by atoms with Crippen LogP contribution in [0.15, 0.2) is 60.3 Å². The molecule has 0 aliphatic carbocycles. The predicted molar refractivity (Wildman–Crippen MR) is 111 cm³/mol. The minimum absolute atomic E-state index is 0.359. The van der Waals surface area contributed by atoms with Crippen LogP contribution >= 0.6 is 23.4 Å². The van der Waals surface area contributed by atoms with Gasteiger partial charge in [-0.1, -0.05) is 59.8 Å². The molecular weight excluding hydrogens is 378 g/mol. The highest BCUT2D eigenvalue weighted by Crippen LogP contribution is 2.27. The first-order valence-corrected chi connectivity index (χ1v) is 10.0. The maximum absolute atomic E-state index is 6.25. The number of aryl methyl sites for hydroxylation is 2. The van der Waals surface area contributed by atoms with E-state index in [4.69, 9.17) is 16.3 Å². The molecule has 0 amide bonds. The van der Waals surface area contributed by atoms with Crippen molar-refractivity contribution in [2.45, 2.75) is 37.9 Å². The number of hydrogen-bond donors (Lipinski definition) is 0. The van der Waals surface area contributed by atoms with Gasteiger partial charge in [-0.3, -0.25) is 4.57 Å². The molecule has 0 bridgehead atoms. The second-order valence-corrected chi connectivity index (χ2v) is 7.59. The summed E-state index contributed by atoms with van der Waals surface area (Å²) in [6, 6.07) is 14.0. The van der Waals surface area contributed by atoms with Crippen LogP contribution in [-0.2, 0) is 18.9 Å². The number of aromatic nitrogens is 3. The molecule has 4 nitrogen and oxygen atoms in total. The van der Waals surface area contributed by atoms with E-state index in [-0.39, 0.29) is 0 Å². The minimum atomic E-state index is 0.359. The van der Waals surface area contributed by atoms with Crippen LogP contribution in [0.4, 0.5) is 0 Å². The van der Waals surface area contributed by atoms with E-state index in [9.17, 15) is 0 Å². The maximum Gasteiger partial charge on any atom is 0.191 e. The average molecular weight is 400 g/mol. The molecule has 27 heavy (non-hydrogen) atoms. The summed E-state index contributed by atoms with van der Waals surface area (Å²) in [6.45, 7) is 8.92. The molecule has 0 saturated heterocycles. The van der Waals surface area contributed by atoms with E-state index in [1.165, 1.54) is 5.56 Å². The van der Waals surface area contributed by atoms with E-state index in [0.717, 1.165) is 38.6 Å². The lowest BCUT2D eigenvalue weighted by Gasteiger charge is -2.11. The molecule has 0 saturated carbocycles. The fourth-order valence-corrected chi connectivity index (χ4v) is 3.86. The van der Waals surface area contributed by atoms with E-state index >= 15 is 0 Å². The van der Waals surface area contributed by atoms with Gasteiger partial charge in [0.2, 0.25) is 0 Å². The van der Waals surface area contributed by atoms with Crippen molar-refractivity contribution in [3.63, 3.8) is 0 Å². The molecule has 1 heterocycles. The zero-order valence-corrected chi connectivity index (χ0v) is 17.1. The zero-order chi connectivity index (χ0) is 19.2. The van der Waals surface area contributed by atoms with Crippen LogP contribution in [0, 0.1) is 13.8 Å². The molecule has 0 spiro atoms. The van der Waals surface area contributed by atoms with E-state index < -0.39 is 0 Å². The lowest BCUT2D eigenvalue weighted by atomic mass is 10.1. The van der Waals surface area contributed by atoms with Gasteiger partial charge in [-0.25, -0.2) is 0 Å². The van der Waals surface area contributed by atoms with Crippen LogP contribution in [0.2, 0.25) is 5.02 Å². The molecule has 0 atom stereocenters. The van der Waals surface area contributed by atoms with Crippen LogP contribution in [0.5, 0.6) is 5.75 Å². The van der Waals surface area contributed by atoms with E-state index in [2.05, 4.69) is 35.8 Å². The van der Waals surface area contributed by atoms with Crippen LogP contribution in [0.1, 0.15) is 22.5 Å². The molecule has 140 valence electrons. The van der Waals surface area contributed by atoms with Gasteiger partial charge in [0.05, 0.1) is 0 Å². The van der Waals surface area contributed by atoms with Crippen molar-refractivity contribution in [2.75, 3.05) is 0 Å². The number of halogens is 1. The van der Waals surface area contributed by atoms with Gasteiger partial charge in [-0.05, 0) is 42.7 Å². The molecule has 3 rings (SSSR count). The number of benzene rings is 2. The highest BCUT2D eigenvalue weighted by molar-refractivity contribution is 7.98. The summed E-state index contributed by atoms with van der Waals surface area (Å²) in [5.74, 6) is 2.37. The Labute approximate surface area is 169 Å². The fourth-order valence-electron chi connectivity index (χ4n) is 2.61. The number of thioether (sulfide) groups is 1. The standard InChI is InChI=1S/C21H22ClN3OS/c1-4-11-25-20(13-26-19-12-15(2)9-10-16(19)3)23-24-21(25)27-14-17-7-5-6-8-18(17)22/h4-10,12H,1,11,13-14H2,2-3H3. The minimum Gasteiger partial charge on any atom is -0.485 e. The summed E-state index contributed by atoms with van der Waals surface area (Å²) in [4.78, 5) is 0. The van der Waals surface area contributed by atoms with Gasteiger partial charge in [-0.2, -0.15) is 0 Å². The summed E-state index contributed by atoms with van der Waals surface area (Å²) in [5.41, 5.74) is 3.34. The van der Waals surface area contributed by atoms with Crippen molar-refractivity contribution in [1.29, 1.82) is 0 Å². The van der Waals surface area contributed by atoms with Crippen molar-refractivity contribution < 1.29 is 4.74 Å². The summed E-state index contributed by atoms with van der Waals surface area (Å²) in [7, 11) is 0. The third-order valence-electron chi connectivity index (χ3n) is 4.12. The first-order chi connectivity index (χ1) is 13.1. The smallest absolute Gasteiger partial charge is 0.191 e.